The number of carbonyl (C=O) groups excluding carboxylic acids is 1. The molecule has 10 nitrogen and oxygen atoms in total. The van der Waals surface area contributed by atoms with Gasteiger partial charge in [0.2, 0.25) is 16.0 Å². The maximum Gasteiger partial charge on any atom is 0.264 e. The van der Waals surface area contributed by atoms with Crippen LogP contribution in [0.25, 0.3) is 0 Å². The molecular weight excluding hydrogens is 466 g/mol. The van der Waals surface area contributed by atoms with E-state index in [1.807, 2.05) is 0 Å². The minimum atomic E-state index is -3.89. The number of rotatable bonds is 9. The van der Waals surface area contributed by atoms with Gasteiger partial charge in [0, 0.05) is 36.7 Å². The summed E-state index contributed by atoms with van der Waals surface area (Å²) in [5.74, 6) is -0.519. The Labute approximate surface area is 192 Å². The van der Waals surface area contributed by atoms with E-state index >= 15 is 0 Å². The highest BCUT2D eigenvalue weighted by atomic mass is 32.2. The highest BCUT2D eigenvalue weighted by molar-refractivity contribution is 7.92. The summed E-state index contributed by atoms with van der Waals surface area (Å²) in [5, 5.41) is 2.65. The Morgan fingerprint density at radius 2 is 1.39 bits per heavy atom. The Morgan fingerprint density at radius 1 is 0.848 bits per heavy atom. The molecule has 0 spiro atoms. The monoisotopic (exact) mass is 489 g/mol. The van der Waals surface area contributed by atoms with Crippen molar-refractivity contribution in [3.05, 3.63) is 72.6 Å². The van der Waals surface area contributed by atoms with Gasteiger partial charge in [-0.25, -0.2) is 31.5 Å². The van der Waals surface area contributed by atoms with E-state index in [2.05, 4.69) is 20.0 Å². The van der Waals surface area contributed by atoms with Crippen LogP contribution in [0, 0.1) is 0 Å². The first-order chi connectivity index (χ1) is 15.7. The summed E-state index contributed by atoms with van der Waals surface area (Å²) in [6, 6.07) is 12.7. The van der Waals surface area contributed by atoms with Crippen molar-refractivity contribution in [2.75, 3.05) is 23.1 Å². The Hall–Kier alpha value is -3.35. The lowest BCUT2D eigenvalue weighted by Crippen LogP contribution is -2.30. The summed E-state index contributed by atoms with van der Waals surface area (Å²) in [4.78, 5) is 20.2. The molecule has 2 aromatic carbocycles. The second kappa shape index (κ2) is 10.1. The summed E-state index contributed by atoms with van der Waals surface area (Å²) in [5.41, 5.74) is 0.628. The molecule has 0 atom stereocenters. The van der Waals surface area contributed by atoms with Gasteiger partial charge in [0.05, 0.1) is 9.79 Å². The molecule has 12 heteroatoms. The van der Waals surface area contributed by atoms with Crippen molar-refractivity contribution < 1.29 is 21.6 Å². The van der Waals surface area contributed by atoms with Gasteiger partial charge in [0.15, 0.2) is 0 Å². The second-order valence-electron chi connectivity index (χ2n) is 6.77. The van der Waals surface area contributed by atoms with Crippen molar-refractivity contribution in [1.82, 2.24) is 14.3 Å². The predicted octanol–water partition coefficient (Wildman–Crippen LogP) is 2.56. The molecule has 0 bridgehead atoms. The lowest BCUT2D eigenvalue weighted by molar-refractivity contribution is 0.102. The molecule has 0 unspecified atom stereocenters. The van der Waals surface area contributed by atoms with Gasteiger partial charge in [-0.1, -0.05) is 13.8 Å². The van der Waals surface area contributed by atoms with E-state index in [1.54, 1.807) is 19.9 Å². The van der Waals surface area contributed by atoms with Gasteiger partial charge < -0.3 is 5.32 Å². The molecule has 0 saturated carbocycles. The Balaban J connectivity index is 1.70. The number of aromatic nitrogens is 2. The first kappa shape index (κ1) is 24.3. The Morgan fingerprint density at radius 3 is 1.94 bits per heavy atom. The van der Waals surface area contributed by atoms with E-state index in [0.29, 0.717) is 18.8 Å². The number of benzene rings is 2. The van der Waals surface area contributed by atoms with Crippen LogP contribution in [0.5, 0.6) is 0 Å². The Bertz CT molecular complexity index is 1310. The number of anilines is 2. The summed E-state index contributed by atoms with van der Waals surface area (Å²) in [6.07, 6.45) is 2.82. The van der Waals surface area contributed by atoms with E-state index in [4.69, 9.17) is 0 Å². The zero-order chi connectivity index (χ0) is 24.1. The van der Waals surface area contributed by atoms with Gasteiger partial charge in [-0.15, -0.1) is 0 Å². The molecule has 0 aliphatic rings. The standard InChI is InChI=1S/C21H23N5O5S2/c1-3-26(4-2)33(30,31)19-10-6-16(7-11-19)20(27)24-17-8-12-18(13-9-17)32(28,29)25-21-22-14-5-15-23-21/h5-15H,3-4H2,1-2H3,(H,24,27)(H,22,23,25). The molecule has 0 aliphatic heterocycles. The number of hydrogen-bond donors (Lipinski definition) is 2. The molecule has 3 aromatic rings. The zero-order valence-electron chi connectivity index (χ0n) is 18.0. The Kier molecular flexibility index (Phi) is 7.41. The van der Waals surface area contributed by atoms with Crippen LogP contribution in [-0.4, -0.2) is 50.1 Å². The normalized spacial score (nSPS) is 11.8. The highest BCUT2D eigenvalue weighted by Crippen LogP contribution is 2.19. The summed E-state index contributed by atoms with van der Waals surface area (Å²) in [6.45, 7) is 4.21. The van der Waals surface area contributed by atoms with Crippen molar-refractivity contribution in [3.8, 4) is 0 Å². The van der Waals surface area contributed by atoms with Gasteiger partial charge in [-0.05, 0) is 54.6 Å². The van der Waals surface area contributed by atoms with Crippen LogP contribution in [-0.2, 0) is 20.0 Å². The van der Waals surface area contributed by atoms with Crippen LogP contribution in [0.15, 0.2) is 76.8 Å². The minimum absolute atomic E-state index is 0.0288. The lowest BCUT2D eigenvalue weighted by atomic mass is 10.2. The van der Waals surface area contributed by atoms with Crippen molar-refractivity contribution in [2.24, 2.45) is 0 Å². The van der Waals surface area contributed by atoms with E-state index in [-0.39, 0.29) is 21.3 Å². The van der Waals surface area contributed by atoms with Crippen LogP contribution < -0.4 is 10.0 Å². The van der Waals surface area contributed by atoms with Crippen LogP contribution >= 0.6 is 0 Å². The molecule has 1 heterocycles. The molecule has 1 amide bonds. The van der Waals surface area contributed by atoms with Crippen molar-refractivity contribution in [3.63, 3.8) is 0 Å². The first-order valence-electron chi connectivity index (χ1n) is 9.99. The third-order valence-electron chi connectivity index (χ3n) is 4.67. The second-order valence-corrected chi connectivity index (χ2v) is 10.4. The highest BCUT2D eigenvalue weighted by Gasteiger charge is 2.22. The number of carbonyl (C=O) groups is 1. The molecule has 0 aliphatic carbocycles. The molecule has 0 fully saturated rings. The largest absolute Gasteiger partial charge is 0.322 e. The molecular formula is C21H23N5O5S2. The van der Waals surface area contributed by atoms with Crippen LogP contribution in [0.1, 0.15) is 24.2 Å². The predicted molar refractivity (Wildman–Crippen MR) is 124 cm³/mol. The number of sulfonamides is 2. The summed E-state index contributed by atoms with van der Waals surface area (Å²) in [7, 11) is -7.50. The molecule has 1 aromatic heterocycles. The molecule has 0 saturated heterocycles. The van der Waals surface area contributed by atoms with Crippen LogP contribution in [0.4, 0.5) is 11.6 Å². The van der Waals surface area contributed by atoms with Gasteiger partial charge in [0.1, 0.15) is 0 Å². The maximum absolute atomic E-state index is 12.6. The van der Waals surface area contributed by atoms with Crippen molar-refractivity contribution in [1.29, 1.82) is 0 Å². The smallest absolute Gasteiger partial charge is 0.264 e. The van der Waals surface area contributed by atoms with E-state index in [1.165, 1.54) is 65.2 Å². The average molecular weight is 490 g/mol. The van der Waals surface area contributed by atoms with Gasteiger partial charge in [0.25, 0.3) is 15.9 Å². The summed E-state index contributed by atoms with van der Waals surface area (Å²) >= 11 is 0. The SMILES string of the molecule is CCN(CC)S(=O)(=O)c1ccc(C(=O)Nc2ccc(S(=O)(=O)Nc3ncccn3)cc2)cc1. The quantitative estimate of drug-likeness (QED) is 0.471. The van der Waals surface area contributed by atoms with Gasteiger partial charge in [-0.2, -0.15) is 4.31 Å². The average Bonchev–Trinajstić information content (AvgIpc) is 2.80. The van der Waals surface area contributed by atoms with Crippen molar-refractivity contribution in [2.45, 2.75) is 23.6 Å². The molecule has 3 rings (SSSR count). The molecule has 174 valence electrons. The first-order valence-corrected chi connectivity index (χ1v) is 12.9. The fraction of sp³-hybridized carbons (Fsp3) is 0.190. The van der Waals surface area contributed by atoms with Gasteiger partial charge >= 0.3 is 0 Å². The topological polar surface area (TPSA) is 138 Å². The van der Waals surface area contributed by atoms with E-state index in [9.17, 15) is 21.6 Å². The minimum Gasteiger partial charge on any atom is -0.322 e. The van der Waals surface area contributed by atoms with Crippen molar-refractivity contribution >= 4 is 37.6 Å². The maximum atomic E-state index is 12.6. The molecule has 0 radical (unpaired) electrons. The lowest BCUT2D eigenvalue weighted by Gasteiger charge is -2.18. The number of nitrogens with one attached hydrogen (secondary N) is 2. The third kappa shape index (κ3) is 5.72. The third-order valence-corrected chi connectivity index (χ3v) is 8.08. The fourth-order valence-electron chi connectivity index (χ4n) is 2.94. The van der Waals surface area contributed by atoms with Gasteiger partial charge in [-0.3, -0.25) is 4.79 Å². The number of hydrogen-bond acceptors (Lipinski definition) is 7. The fourth-order valence-corrected chi connectivity index (χ4v) is 5.36. The van der Waals surface area contributed by atoms with E-state index < -0.39 is 26.0 Å². The molecule has 33 heavy (non-hydrogen) atoms. The zero-order valence-corrected chi connectivity index (χ0v) is 19.6. The van der Waals surface area contributed by atoms with E-state index in [0.717, 1.165) is 0 Å². The molecule has 2 N–H and O–H groups in total. The summed E-state index contributed by atoms with van der Waals surface area (Å²) < 4.78 is 53.6. The number of nitrogens with zero attached hydrogens (tertiary/aromatic N) is 3. The van der Waals surface area contributed by atoms with Crippen LogP contribution in [0.3, 0.4) is 0 Å². The number of amides is 1. The van der Waals surface area contributed by atoms with Crippen LogP contribution in [0.2, 0.25) is 0 Å².